The Morgan fingerprint density at radius 1 is 1.10 bits per heavy atom. The quantitative estimate of drug-likeness (QED) is 0.669. The summed E-state index contributed by atoms with van der Waals surface area (Å²) < 4.78 is 15.0. The molecule has 2 aliphatic heterocycles. The zero-order valence-corrected chi connectivity index (χ0v) is 17.3. The van der Waals surface area contributed by atoms with E-state index in [9.17, 15) is 5.11 Å². The van der Waals surface area contributed by atoms with Gasteiger partial charge in [-0.2, -0.15) is 0 Å². The molecule has 2 aromatic heterocycles. The molecule has 160 valence electrons. The van der Waals surface area contributed by atoms with E-state index in [0.29, 0.717) is 28.8 Å². The largest absolute Gasteiger partial charge is 0.507 e. The topological polar surface area (TPSA) is 87.1 Å². The third-order valence-corrected chi connectivity index (χ3v) is 6.44. The maximum atomic E-state index is 15.0. The van der Waals surface area contributed by atoms with Crippen LogP contribution >= 0.6 is 0 Å². The van der Waals surface area contributed by atoms with E-state index in [4.69, 9.17) is 0 Å². The lowest BCUT2D eigenvalue weighted by Crippen LogP contribution is -2.61. The maximum Gasteiger partial charge on any atom is 0.151 e. The highest BCUT2D eigenvalue weighted by atomic mass is 19.1. The zero-order chi connectivity index (χ0) is 21.4. The summed E-state index contributed by atoms with van der Waals surface area (Å²) in [6.07, 6.45) is 7.77. The van der Waals surface area contributed by atoms with E-state index in [-0.39, 0.29) is 17.8 Å². The Labute approximate surface area is 180 Å². The summed E-state index contributed by atoms with van der Waals surface area (Å²) in [5.41, 5.74) is 2.58. The van der Waals surface area contributed by atoms with Crippen LogP contribution in [0.25, 0.3) is 22.5 Å². The predicted molar refractivity (Wildman–Crippen MR) is 116 cm³/mol. The molecule has 0 saturated carbocycles. The second kappa shape index (κ2) is 8.19. The van der Waals surface area contributed by atoms with Crippen LogP contribution in [0, 0.1) is 0 Å². The SMILES string of the molecule is CN(c1ccc(-c2ccc(-c3cnccn3)cc2O)nn1)[C@H]1CC2CCCC(N2)[C@H]1F. The average molecular weight is 420 g/mol. The van der Waals surface area contributed by atoms with Crippen LogP contribution in [-0.4, -0.2) is 56.6 Å². The molecular weight excluding hydrogens is 395 g/mol. The van der Waals surface area contributed by atoms with Crippen molar-refractivity contribution in [3.05, 3.63) is 48.9 Å². The van der Waals surface area contributed by atoms with Crippen LogP contribution in [0.4, 0.5) is 10.2 Å². The van der Waals surface area contributed by atoms with Crippen LogP contribution in [-0.2, 0) is 0 Å². The van der Waals surface area contributed by atoms with Crippen molar-refractivity contribution in [3.63, 3.8) is 0 Å². The lowest BCUT2D eigenvalue weighted by molar-refractivity contribution is 0.107. The number of phenolic OH excluding ortho intramolecular Hbond substituents is 1. The number of benzene rings is 1. The summed E-state index contributed by atoms with van der Waals surface area (Å²) in [6.45, 7) is 0. The predicted octanol–water partition coefficient (Wildman–Crippen LogP) is 3.36. The lowest BCUT2D eigenvalue weighted by Gasteiger charge is -2.46. The van der Waals surface area contributed by atoms with Gasteiger partial charge >= 0.3 is 0 Å². The highest BCUT2D eigenvalue weighted by Crippen LogP contribution is 2.34. The van der Waals surface area contributed by atoms with E-state index in [0.717, 1.165) is 31.2 Å². The number of phenols is 1. The van der Waals surface area contributed by atoms with Gasteiger partial charge in [0.15, 0.2) is 5.82 Å². The Morgan fingerprint density at radius 2 is 2.00 bits per heavy atom. The molecule has 0 spiro atoms. The third-order valence-electron chi connectivity index (χ3n) is 6.44. The van der Waals surface area contributed by atoms with Gasteiger partial charge in [0.2, 0.25) is 0 Å². The smallest absolute Gasteiger partial charge is 0.151 e. The number of piperidine rings is 2. The van der Waals surface area contributed by atoms with Crippen LogP contribution in [0.15, 0.2) is 48.9 Å². The third kappa shape index (κ3) is 3.83. The number of anilines is 1. The number of nitrogens with one attached hydrogen (secondary N) is 1. The molecule has 2 fully saturated rings. The van der Waals surface area contributed by atoms with Crippen molar-refractivity contribution in [2.24, 2.45) is 0 Å². The molecule has 0 radical (unpaired) electrons. The van der Waals surface area contributed by atoms with Crippen molar-refractivity contribution < 1.29 is 9.50 Å². The van der Waals surface area contributed by atoms with Crippen molar-refractivity contribution in [2.75, 3.05) is 11.9 Å². The van der Waals surface area contributed by atoms with Gasteiger partial charge in [-0.1, -0.05) is 12.5 Å². The molecular formula is C23H25FN6O. The highest BCUT2D eigenvalue weighted by Gasteiger charge is 2.41. The number of halogens is 1. The van der Waals surface area contributed by atoms with E-state index < -0.39 is 6.17 Å². The summed E-state index contributed by atoms with van der Waals surface area (Å²) in [7, 11) is 1.88. The molecule has 5 rings (SSSR count). The molecule has 31 heavy (non-hydrogen) atoms. The standard InChI is InChI=1S/C23H25FN6O/c1-30(20-12-15-3-2-4-18(27-15)23(20)24)22-8-7-17(28-29-22)16-6-5-14(11-21(16)31)19-13-25-9-10-26-19/h5-11,13,15,18,20,23,27,31H,2-4,12H2,1H3/t15?,18?,20-,23+/m0/s1. The van der Waals surface area contributed by atoms with E-state index in [1.807, 2.05) is 30.1 Å². The highest BCUT2D eigenvalue weighted by molar-refractivity contribution is 5.72. The number of alkyl halides is 1. The molecule has 3 aromatic rings. The molecule has 4 heterocycles. The summed E-state index contributed by atoms with van der Waals surface area (Å²) in [5, 5.41) is 22.6. The van der Waals surface area contributed by atoms with Gasteiger partial charge in [-0.3, -0.25) is 9.97 Å². The van der Waals surface area contributed by atoms with E-state index in [2.05, 4.69) is 25.5 Å². The molecule has 8 heteroatoms. The lowest BCUT2D eigenvalue weighted by atomic mass is 9.82. The van der Waals surface area contributed by atoms with Crippen molar-refractivity contribution in [1.82, 2.24) is 25.5 Å². The number of aromatic nitrogens is 4. The first-order valence-electron chi connectivity index (χ1n) is 10.7. The van der Waals surface area contributed by atoms with Gasteiger partial charge in [0.05, 0.1) is 23.6 Å². The first kappa shape index (κ1) is 19.8. The van der Waals surface area contributed by atoms with Gasteiger partial charge in [0, 0.05) is 42.7 Å². The first-order valence-corrected chi connectivity index (χ1v) is 10.7. The number of rotatable bonds is 4. The minimum Gasteiger partial charge on any atom is -0.507 e. The normalized spacial score (nSPS) is 25.2. The van der Waals surface area contributed by atoms with Crippen molar-refractivity contribution >= 4 is 5.82 Å². The minimum absolute atomic E-state index is 0.0723. The maximum absolute atomic E-state index is 15.0. The van der Waals surface area contributed by atoms with Crippen LogP contribution in [0.5, 0.6) is 5.75 Å². The fourth-order valence-electron chi connectivity index (χ4n) is 4.73. The van der Waals surface area contributed by atoms with Gasteiger partial charge in [-0.15, -0.1) is 10.2 Å². The van der Waals surface area contributed by atoms with E-state index in [1.165, 1.54) is 0 Å². The molecule has 4 atom stereocenters. The molecule has 0 amide bonds. The first-order chi connectivity index (χ1) is 15.1. The molecule has 2 aliphatic rings. The molecule has 2 N–H and O–H groups in total. The number of aromatic hydroxyl groups is 1. The second-order valence-electron chi connectivity index (χ2n) is 8.36. The Hall–Kier alpha value is -3.13. The van der Waals surface area contributed by atoms with Gasteiger partial charge in [-0.25, -0.2) is 4.39 Å². The summed E-state index contributed by atoms with van der Waals surface area (Å²) in [5.74, 6) is 0.723. The van der Waals surface area contributed by atoms with Crippen LogP contribution < -0.4 is 10.2 Å². The number of hydrogen-bond acceptors (Lipinski definition) is 7. The van der Waals surface area contributed by atoms with E-state index >= 15 is 4.39 Å². The van der Waals surface area contributed by atoms with Crippen LogP contribution in [0.2, 0.25) is 0 Å². The number of fused-ring (bicyclic) bond motifs is 2. The second-order valence-corrected chi connectivity index (χ2v) is 8.36. The van der Waals surface area contributed by atoms with E-state index in [1.54, 1.807) is 30.7 Å². The Morgan fingerprint density at radius 3 is 2.74 bits per heavy atom. The van der Waals surface area contributed by atoms with Crippen molar-refractivity contribution in [2.45, 2.75) is 50.0 Å². The van der Waals surface area contributed by atoms with Gasteiger partial charge in [-0.05, 0) is 43.5 Å². The van der Waals surface area contributed by atoms with Crippen molar-refractivity contribution in [3.8, 4) is 28.3 Å². The fourth-order valence-corrected chi connectivity index (χ4v) is 4.73. The van der Waals surface area contributed by atoms with Crippen LogP contribution in [0.1, 0.15) is 25.7 Å². The molecule has 1 aromatic carbocycles. The minimum atomic E-state index is -0.930. The average Bonchev–Trinajstić information content (AvgIpc) is 2.82. The Kier molecular flexibility index (Phi) is 5.23. The Balaban J connectivity index is 1.35. The zero-order valence-electron chi connectivity index (χ0n) is 17.3. The van der Waals surface area contributed by atoms with Gasteiger partial charge < -0.3 is 15.3 Å². The molecule has 2 unspecified atom stereocenters. The Bertz CT molecular complexity index is 1050. The van der Waals surface area contributed by atoms with Gasteiger partial charge in [0.1, 0.15) is 11.9 Å². The molecule has 0 aliphatic carbocycles. The van der Waals surface area contributed by atoms with Crippen molar-refractivity contribution in [1.29, 1.82) is 0 Å². The summed E-state index contributed by atoms with van der Waals surface area (Å²) in [4.78, 5) is 10.2. The molecule has 2 saturated heterocycles. The number of hydrogen-bond donors (Lipinski definition) is 2. The van der Waals surface area contributed by atoms with Gasteiger partial charge in [0.25, 0.3) is 0 Å². The summed E-state index contributed by atoms with van der Waals surface area (Å²) >= 11 is 0. The molecule has 2 bridgehead atoms. The fraction of sp³-hybridized carbons (Fsp3) is 0.391. The number of nitrogens with zero attached hydrogens (tertiary/aromatic N) is 5. The monoisotopic (exact) mass is 420 g/mol. The van der Waals surface area contributed by atoms with Crippen LogP contribution in [0.3, 0.4) is 0 Å². The molecule has 7 nitrogen and oxygen atoms in total. The summed E-state index contributed by atoms with van der Waals surface area (Å²) in [6, 6.07) is 9.03.